The van der Waals surface area contributed by atoms with Crippen molar-refractivity contribution in [1.29, 1.82) is 0 Å². The monoisotopic (exact) mass is 306 g/mol. The summed E-state index contributed by atoms with van der Waals surface area (Å²) in [5, 5.41) is 0. The summed E-state index contributed by atoms with van der Waals surface area (Å²) in [4.78, 5) is 0. The molecule has 2 aromatic rings. The number of rotatable bonds is 1. The molecule has 0 bridgehead atoms. The van der Waals surface area contributed by atoms with Gasteiger partial charge in [0, 0.05) is 17.2 Å². The Labute approximate surface area is 140 Å². The van der Waals surface area contributed by atoms with Crippen molar-refractivity contribution >= 4 is 0 Å². The lowest BCUT2D eigenvalue weighted by molar-refractivity contribution is -0.671. The van der Waals surface area contributed by atoms with Crippen molar-refractivity contribution in [2.75, 3.05) is 0 Å². The predicted molar refractivity (Wildman–Crippen MR) is 95.8 cm³/mol. The standard InChI is InChI=1S/C22H28N/c1-14-9-7-8-10-16(14)18-11-17-19-15(12-21(17,2)3)13-22(4,5)20(19)23(18)6/h7-11,15H,12-13H2,1-6H3/q+1. The van der Waals surface area contributed by atoms with Crippen molar-refractivity contribution in [2.24, 2.45) is 7.05 Å². The average molecular weight is 306 g/mol. The van der Waals surface area contributed by atoms with E-state index in [1.807, 2.05) is 0 Å². The number of hydrogen-bond donors (Lipinski definition) is 0. The van der Waals surface area contributed by atoms with Crippen molar-refractivity contribution in [3.63, 3.8) is 0 Å². The van der Waals surface area contributed by atoms with E-state index in [9.17, 15) is 0 Å². The first kappa shape index (κ1) is 14.9. The van der Waals surface area contributed by atoms with Crippen LogP contribution >= 0.6 is 0 Å². The van der Waals surface area contributed by atoms with Crippen LogP contribution in [0.3, 0.4) is 0 Å². The smallest absolute Gasteiger partial charge is 0.198 e. The molecule has 4 rings (SSSR count). The van der Waals surface area contributed by atoms with Crippen LogP contribution in [0.2, 0.25) is 0 Å². The van der Waals surface area contributed by atoms with Crippen molar-refractivity contribution in [2.45, 2.75) is 64.2 Å². The molecular weight excluding hydrogens is 278 g/mol. The van der Waals surface area contributed by atoms with Crippen LogP contribution in [0.15, 0.2) is 30.3 Å². The maximum absolute atomic E-state index is 2.49. The van der Waals surface area contributed by atoms with E-state index in [-0.39, 0.29) is 5.41 Å². The van der Waals surface area contributed by atoms with Crippen molar-refractivity contribution in [3.8, 4) is 11.3 Å². The first-order chi connectivity index (χ1) is 10.7. The molecule has 23 heavy (non-hydrogen) atoms. The SMILES string of the molecule is Cc1ccccc1-c1cc2c3c([n+]1C)C(C)(C)CC3CC2(C)C. The summed E-state index contributed by atoms with van der Waals surface area (Å²) in [5.41, 5.74) is 9.52. The highest BCUT2D eigenvalue weighted by Gasteiger charge is 2.52. The minimum Gasteiger partial charge on any atom is -0.198 e. The zero-order valence-corrected chi connectivity index (χ0v) is 15.3. The highest BCUT2D eigenvalue weighted by molar-refractivity contribution is 5.64. The summed E-state index contributed by atoms with van der Waals surface area (Å²) in [5.74, 6) is 0.752. The average Bonchev–Trinajstić information content (AvgIpc) is 2.84. The van der Waals surface area contributed by atoms with Gasteiger partial charge in [-0.25, -0.2) is 0 Å². The Kier molecular flexibility index (Phi) is 2.90. The van der Waals surface area contributed by atoms with Gasteiger partial charge in [-0.15, -0.1) is 0 Å². The van der Waals surface area contributed by atoms with Crippen LogP contribution in [0.25, 0.3) is 11.3 Å². The van der Waals surface area contributed by atoms with Gasteiger partial charge in [0.2, 0.25) is 5.69 Å². The van der Waals surface area contributed by atoms with Crippen LogP contribution in [0.5, 0.6) is 0 Å². The predicted octanol–water partition coefficient (Wildman–Crippen LogP) is 4.93. The van der Waals surface area contributed by atoms with E-state index in [0.717, 1.165) is 5.92 Å². The molecule has 0 fully saturated rings. The third-order valence-electron chi connectivity index (χ3n) is 6.24. The summed E-state index contributed by atoms with van der Waals surface area (Å²) in [7, 11) is 2.27. The molecule has 1 heterocycles. The fraction of sp³-hybridized carbons (Fsp3) is 0.500. The van der Waals surface area contributed by atoms with Crippen molar-refractivity contribution < 1.29 is 4.57 Å². The molecule has 0 aliphatic heterocycles. The van der Waals surface area contributed by atoms with Crippen molar-refractivity contribution in [1.82, 2.24) is 0 Å². The lowest BCUT2D eigenvalue weighted by Gasteiger charge is -2.25. The van der Waals surface area contributed by atoms with E-state index < -0.39 is 0 Å². The highest BCUT2D eigenvalue weighted by atomic mass is 15.0. The van der Waals surface area contributed by atoms with Crippen LogP contribution in [-0.4, -0.2) is 0 Å². The molecule has 1 aromatic heterocycles. The third kappa shape index (κ3) is 1.95. The Morgan fingerprint density at radius 1 is 1.00 bits per heavy atom. The lowest BCUT2D eigenvalue weighted by atomic mass is 9.79. The Balaban J connectivity index is 2.08. The molecular formula is C22H28N+. The van der Waals surface area contributed by atoms with E-state index in [2.05, 4.69) is 76.6 Å². The molecule has 1 aromatic carbocycles. The number of nitrogens with zero attached hydrogens (tertiary/aromatic N) is 1. The molecule has 0 saturated carbocycles. The number of benzene rings is 1. The van der Waals surface area contributed by atoms with E-state index in [0.29, 0.717) is 5.41 Å². The number of pyridine rings is 1. The number of hydrogen-bond acceptors (Lipinski definition) is 0. The van der Waals surface area contributed by atoms with E-state index in [1.165, 1.54) is 29.7 Å². The summed E-state index contributed by atoms with van der Waals surface area (Å²) in [6.07, 6.45) is 2.60. The molecule has 0 amide bonds. The second-order valence-electron chi connectivity index (χ2n) is 8.95. The number of aromatic nitrogens is 1. The van der Waals surface area contributed by atoms with Crippen LogP contribution in [0.1, 0.15) is 68.8 Å². The molecule has 0 radical (unpaired) electrons. The summed E-state index contributed by atoms with van der Waals surface area (Å²) in [6.45, 7) is 11.9. The highest BCUT2D eigenvalue weighted by Crippen LogP contribution is 2.57. The molecule has 2 aliphatic carbocycles. The van der Waals surface area contributed by atoms with Gasteiger partial charge in [0.05, 0.1) is 5.41 Å². The van der Waals surface area contributed by atoms with E-state index in [4.69, 9.17) is 0 Å². The molecule has 120 valence electrons. The van der Waals surface area contributed by atoms with Gasteiger partial charge in [0.1, 0.15) is 7.05 Å². The zero-order chi connectivity index (χ0) is 16.6. The Morgan fingerprint density at radius 2 is 1.65 bits per heavy atom. The first-order valence-corrected chi connectivity index (χ1v) is 8.86. The van der Waals surface area contributed by atoms with Gasteiger partial charge < -0.3 is 0 Å². The van der Waals surface area contributed by atoms with Crippen LogP contribution in [-0.2, 0) is 17.9 Å². The molecule has 0 spiro atoms. The van der Waals surface area contributed by atoms with E-state index >= 15 is 0 Å². The zero-order valence-electron chi connectivity index (χ0n) is 15.3. The minimum atomic E-state index is 0.276. The minimum absolute atomic E-state index is 0.276. The second kappa shape index (κ2) is 4.47. The molecule has 0 saturated heterocycles. The topological polar surface area (TPSA) is 3.88 Å². The van der Waals surface area contributed by atoms with Crippen molar-refractivity contribution in [3.05, 3.63) is 52.7 Å². The van der Waals surface area contributed by atoms with Gasteiger partial charge in [-0.05, 0) is 62.1 Å². The fourth-order valence-electron chi connectivity index (χ4n) is 5.37. The van der Waals surface area contributed by atoms with Gasteiger partial charge in [0.15, 0.2) is 5.69 Å². The normalized spacial score (nSPS) is 23.1. The van der Waals surface area contributed by atoms with Crippen LogP contribution in [0.4, 0.5) is 0 Å². The molecule has 0 N–H and O–H groups in total. The molecule has 2 aliphatic rings. The Hall–Kier alpha value is -1.63. The first-order valence-electron chi connectivity index (χ1n) is 8.86. The molecule has 1 nitrogen and oxygen atoms in total. The third-order valence-corrected chi connectivity index (χ3v) is 6.24. The van der Waals surface area contributed by atoms with Gasteiger partial charge in [-0.1, -0.05) is 32.0 Å². The summed E-state index contributed by atoms with van der Waals surface area (Å²) >= 11 is 0. The largest absolute Gasteiger partial charge is 0.213 e. The van der Waals surface area contributed by atoms with Crippen LogP contribution < -0.4 is 4.57 Å². The summed E-state index contributed by atoms with van der Waals surface area (Å²) < 4.78 is 2.49. The Bertz CT molecular complexity index is 811. The maximum Gasteiger partial charge on any atom is 0.213 e. The quantitative estimate of drug-likeness (QED) is 0.658. The molecule has 1 unspecified atom stereocenters. The van der Waals surface area contributed by atoms with E-state index in [1.54, 1.807) is 16.8 Å². The maximum atomic E-state index is 2.49. The lowest BCUT2D eigenvalue weighted by Crippen LogP contribution is -2.42. The number of aryl methyl sites for hydroxylation is 1. The van der Waals surface area contributed by atoms with Gasteiger partial charge in [0.25, 0.3) is 0 Å². The molecule has 1 heteroatoms. The van der Waals surface area contributed by atoms with Gasteiger partial charge in [-0.2, -0.15) is 4.57 Å². The Morgan fingerprint density at radius 3 is 2.35 bits per heavy atom. The van der Waals surface area contributed by atoms with Gasteiger partial charge in [-0.3, -0.25) is 0 Å². The van der Waals surface area contributed by atoms with Crippen LogP contribution in [0, 0.1) is 6.92 Å². The second-order valence-corrected chi connectivity index (χ2v) is 8.95. The molecule has 1 atom stereocenters. The summed E-state index contributed by atoms with van der Waals surface area (Å²) in [6, 6.07) is 11.3. The fourth-order valence-corrected chi connectivity index (χ4v) is 5.37. The van der Waals surface area contributed by atoms with Gasteiger partial charge >= 0.3 is 0 Å².